The van der Waals surface area contributed by atoms with Crippen molar-refractivity contribution < 1.29 is 21.6 Å². The first-order valence-corrected chi connectivity index (χ1v) is 9.50. The molecule has 0 amide bonds. The van der Waals surface area contributed by atoms with Crippen molar-refractivity contribution in [2.45, 2.75) is 16.9 Å². The van der Waals surface area contributed by atoms with Crippen LogP contribution in [0, 0.1) is 0 Å². The maximum atomic E-state index is 13.2. The van der Waals surface area contributed by atoms with Crippen LogP contribution in [0.1, 0.15) is 5.82 Å². The van der Waals surface area contributed by atoms with Crippen LogP contribution in [0.15, 0.2) is 34.7 Å². The van der Waals surface area contributed by atoms with Gasteiger partial charge in [-0.05, 0) is 24.3 Å². The topological polar surface area (TPSA) is 76.9 Å². The van der Waals surface area contributed by atoms with E-state index in [1.54, 1.807) is 0 Å². The van der Waals surface area contributed by atoms with E-state index in [9.17, 15) is 21.6 Å². The van der Waals surface area contributed by atoms with Crippen molar-refractivity contribution in [1.29, 1.82) is 0 Å². The summed E-state index contributed by atoms with van der Waals surface area (Å²) in [4.78, 5) is 7.44. The molecule has 134 valence electrons. The van der Waals surface area contributed by atoms with Crippen molar-refractivity contribution >= 4 is 44.1 Å². The molecule has 0 bridgehead atoms. The number of sulfonamides is 1. The van der Waals surface area contributed by atoms with E-state index in [1.165, 1.54) is 30.5 Å². The van der Waals surface area contributed by atoms with Crippen LogP contribution in [0.25, 0.3) is 11.2 Å². The Labute approximate surface area is 149 Å². The minimum absolute atomic E-state index is 0.0119. The summed E-state index contributed by atoms with van der Waals surface area (Å²) in [5.41, 5.74) is 0.121. The largest absolute Gasteiger partial charge is 0.449 e. The molecule has 1 N–H and O–H groups in total. The van der Waals surface area contributed by atoms with E-state index >= 15 is 0 Å². The summed E-state index contributed by atoms with van der Waals surface area (Å²) < 4.78 is 67.0. The molecule has 12 heteroatoms. The van der Waals surface area contributed by atoms with Gasteiger partial charge in [-0.25, -0.2) is 23.1 Å². The van der Waals surface area contributed by atoms with Crippen LogP contribution in [0.4, 0.5) is 13.2 Å². The zero-order valence-corrected chi connectivity index (χ0v) is 14.7. The van der Waals surface area contributed by atoms with E-state index in [0.717, 1.165) is 15.9 Å². The Bertz CT molecular complexity index is 1010. The number of fused-ring (bicyclic) bond motifs is 1. The Morgan fingerprint density at radius 1 is 1.28 bits per heavy atom. The predicted octanol–water partition coefficient (Wildman–Crippen LogP) is 3.14. The number of hydrogen-bond acceptors (Lipinski definition) is 5. The second-order valence-corrected chi connectivity index (χ2v) is 8.60. The maximum absolute atomic E-state index is 13.2. The number of hydrogen-bond donors (Lipinski definition) is 1. The zero-order valence-electron chi connectivity index (χ0n) is 12.3. The molecule has 3 rings (SSSR count). The lowest BCUT2D eigenvalue weighted by atomic mass is 10.4. The highest BCUT2D eigenvalue weighted by atomic mass is 35.5. The van der Waals surface area contributed by atoms with Crippen molar-refractivity contribution in [3.63, 3.8) is 0 Å². The number of imidazole rings is 1. The molecule has 0 aromatic carbocycles. The van der Waals surface area contributed by atoms with Crippen molar-refractivity contribution in [2.75, 3.05) is 6.54 Å². The molecule has 3 heterocycles. The highest BCUT2D eigenvalue weighted by molar-refractivity contribution is 7.91. The fourth-order valence-electron chi connectivity index (χ4n) is 2.19. The normalized spacial score (nSPS) is 12.8. The fraction of sp³-hybridized carbons (Fsp3) is 0.231. The lowest BCUT2D eigenvalue weighted by Crippen LogP contribution is -2.28. The molecule has 0 fully saturated rings. The van der Waals surface area contributed by atoms with Crippen molar-refractivity contribution in [2.24, 2.45) is 0 Å². The molecule has 0 aliphatic rings. The summed E-state index contributed by atoms with van der Waals surface area (Å²) in [7, 11) is -3.85. The van der Waals surface area contributed by atoms with Crippen LogP contribution < -0.4 is 4.72 Å². The quantitative estimate of drug-likeness (QED) is 0.701. The Morgan fingerprint density at radius 3 is 2.68 bits per heavy atom. The number of thiophene rings is 1. The van der Waals surface area contributed by atoms with Gasteiger partial charge < -0.3 is 4.57 Å². The van der Waals surface area contributed by atoms with Gasteiger partial charge in [0.2, 0.25) is 15.8 Å². The summed E-state index contributed by atoms with van der Waals surface area (Å²) >= 11 is 6.55. The first-order chi connectivity index (χ1) is 11.7. The first kappa shape index (κ1) is 18.1. The van der Waals surface area contributed by atoms with Gasteiger partial charge in [-0.2, -0.15) is 13.2 Å². The third kappa shape index (κ3) is 3.78. The first-order valence-electron chi connectivity index (χ1n) is 6.82. The number of aromatic nitrogens is 3. The molecular weight excluding hydrogens is 401 g/mol. The monoisotopic (exact) mass is 410 g/mol. The van der Waals surface area contributed by atoms with Gasteiger partial charge in [0.1, 0.15) is 9.73 Å². The van der Waals surface area contributed by atoms with E-state index in [0.29, 0.717) is 4.34 Å². The Kier molecular flexibility index (Phi) is 4.75. The number of alkyl halides is 3. The van der Waals surface area contributed by atoms with Crippen LogP contribution >= 0.6 is 22.9 Å². The summed E-state index contributed by atoms with van der Waals surface area (Å²) in [6.45, 7) is -0.538. The van der Waals surface area contributed by atoms with Crippen molar-refractivity contribution in [1.82, 2.24) is 19.3 Å². The van der Waals surface area contributed by atoms with Gasteiger partial charge in [-0.15, -0.1) is 11.3 Å². The van der Waals surface area contributed by atoms with Crippen LogP contribution in [0.5, 0.6) is 0 Å². The number of nitrogens with zero attached hydrogens (tertiary/aromatic N) is 3. The fourth-order valence-corrected chi connectivity index (χ4v) is 4.74. The number of halogens is 4. The summed E-state index contributed by atoms with van der Waals surface area (Å²) in [6, 6.07) is 5.63. The second-order valence-electron chi connectivity index (χ2n) is 4.89. The van der Waals surface area contributed by atoms with Crippen LogP contribution in [0.2, 0.25) is 4.34 Å². The number of nitrogens with one attached hydrogen (secondary N) is 1. The molecular formula is C13H10ClF3N4O2S2. The van der Waals surface area contributed by atoms with E-state index in [2.05, 4.69) is 14.7 Å². The van der Waals surface area contributed by atoms with Crippen LogP contribution in [-0.2, 0) is 22.7 Å². The van der Waals surface area contributed by atoms with Gasteiger partial charge in [0.15, 0.2) is 5.65 Å². The van der Waals surface area contributed by atoms with E-state index < -0.39 is 22.0 Å². The zero-order chi connectivity index (χ0) is 18.2. The molecule has 0 spiro atoms. The van der Waals surface area contributed by atoms with Gasteiger partial charge in [0.25, 0.3) is 0 Å². The standard InChI is InChI=1S/C13H10ClF3N4O2S2/c14-9-3-4-10(24-9)25(22,23)19-6-7-21-11-8(2-1-5-18-11)20-12(21)13(15,16)17/h1-5,19H,6-7H2. The molecule has 0 saturated carbocycles. The second kappa shape index (κ2) is 6.56. The molecule has 0 unspecified atom stereocenters. The predicted molar refractivity (Wildman–Crippen MR) is 87.0 cm³/mol. The average molecular weight is 411 g/mol. The van der Waals surface area contributed by atoms with Gasteiger partial charge >= 0.3 is 6.18 Å². The smallest absolute Gasteiger partial charge is 0.304 e. The minimum atomic E-state index is -4.68. The molecule has 0 radical (unpaired) electrons. The third-order valence-corrected chi connectivity index (χ3v) is 6.38. The Balaban J connectivity index is 1.84. The molecule has 0 aliphatic heterocycles. The van der Waals surface area contributed by atoms with Gasteiger partial charge in [-0.3, -0.25) is 0 Å². The molecule has 25 heavy (non-hydrogen) atoms. The summed E-state index contributed by atoms with van der Waals surface area (Å²) in [5, 5.41) is 0. The van der Waals surface area contributed by atoms with Crippen molar-refractivity contribution in [3.05, 3.63) is 40.6 Å². The van der Waals surface area contributed by atoms with Crippen LogP contribution in [0.3, 0.4) is 0 Å². The van der Waals surface area contributed by atoms with E-state index in [4.69, 9.17) is 11.6 Å². The maximum Gasteiger partial charge on any atom is 0.449 e. The SMILES string of the molecule is O=S(=O)(NCCn1c(C(F)(F)F)nc2cccnc21)c1ccc(Cl)s1. The Hall–Kier alpha value is -1.69. The molecule has 3 aromatic rings. The molecule has 0 atom stereocenters. The molecule has 0 saturated heterocycles. The highest BCUT2D eigenvalue weighted by Gasteiger charge is 2.37. The minimum Gasteiger partial charge on any atom is -0.304 e. The lowest BCUT2D eigenvalue weighted by Gasteiger charge is -2.11. The molecule has 3 aromatic heterocycles. The Morgan fingerprint density at radius 2 is 2.04 bits per heavy atom. The molecule has 0 aliphatic carbocycles. The van der Waals surface area contributed by atoms with Gasteiger partial charge in [-0.1, -0.05) is 11.6 Å². The average Bonchev–Trinajstić information content (AvgIpc) is 3.11. The van der Waals surface area contributed by atoms with Crippen LogP contribution in [-0.4, -0.2) is 29.5 Å². The highest BCUT2D eigenvalue weighted by Crippen LogP contribution is 2.31. The number of pyridine rings is 1. The third-order valence-electron chi connectivity index (χ3n) is 3.20. The summed E-state index contributed by atoms with van der Waals surface area (Å²) in [5.74, 6) is -1.13. The number of rotatable bonds is 5. The van der Waals surface area contributed by atoms with Gasteiger partial charge in [0, 0.05) is 19.3 Å². The van der Waals surface area contributed by atoms with E-state index in [-0.39, 0.29) is 28.5 Å². The molecule has 6 nitrogen and oxygen atoms in total. The van der Waals surface area contributed by atoms with Gasteiger partial charge in [0.05, 0.1) is 4.34 Å². The summed E-state index contributed by atoms with van der Waals surface area (Å²) in [6.07, 6.45) is -3.33. The van der Waals surface area contributed by atoms with E-state index in [1.807, 2.05) is 0 Å². The lowest BCUT2D eigenvalue weighted by molar-refractivity contribution is -0.146. The van der Waals surface area contributed by atoms with Crippen molar-refractivity contribution in [3.8, 4) is 0 Å².